The second-order valence-electron chi connectivity index (χ2n) is 6.73. The van der Waals surface area contributed by atoms with E-state index >= 15 is 0 Å². The van der Waals surface area contributed by atoms with Gasteiger partial charge in [0.25, 0.3) is 5.91 Å². The fourth-order valence-electron chi connectivity index (χ4n) is 3.54. The van der Waals surface area contributed by atoms with E-state index in [-0.39, 0.29) is 17.4 Å². The molecule has 148 valence electrons. The molecule has 2 aromatic heterocycles. The highest BCUT2D eigenvalue weighted by Gasteiger charge is 2.32. The summed E-state index contributed by atoms with van der Waals surface area (Å²) < 4.78 is 9.96. The molecule has 0 bridgehead atoms. The highest BCUT2D eigenvalue weighted by Crippen LogP contribution is 2.33. The molecule has 1 atom stereocenters. The van der Waals surface area contributed by atoms with Crippen LogP contribution in [0.1, 0.15) is 43.6 Å². The number of carbonyl (C=O) groups is 2. The Labute approximate surface area is 167 Å². The molecule has 0 saturated carbocycles. The maximum Gasteiger partial charge on any atom is 0.339 e. The van der Waals surface area contributed by atoms with Gasteiger partial charge in [-0.3, -0.25) is 9.78 Å². The van der Waals surface area contributed by atoms with Gasteiger partial charge in [0, 0.05) is 24.9 Å². The topological polar surface area (TPSA) is 97.4 Å². The van der Waals surface area contributed by atoms with Gasteiger partial charge in [0.1, 0.15) is 5.75 Å². The summed E-state index contributed by atoms with van der Waals surface area (Å²) in [6.45, 7) is 0.870. The monoisotopic (exact) mass is 392 g/mol. The van der Waals surface area contributed by atoms with Crippen LogP contribution >= 0.6 is 0 Å². The van der Waals surface area contributed by atoms with Crippen molar-refractivity contribution in [1.82, 2.24) is 19.9 Å². The van der Waals surface area contributed by atoms with Crippen LogP contribution in [-0.4, -0.2) is 52.5 Å². The van der Waals surface area contributed by atoms with E-state index in [1.807, 2.05) is 24.3 Å². The molecule has 1 aliphatic rings. The molecule has 8 nitrogen and oxygen atoms in total. The lowest BCUT2D eigenvalue weighted by Crippen LogP contribution is -2.38. The predicted octanol–water partition coefficient (Wildman–Crippen LogP) is 2.39. The maximum atomic E-state index is 13.2. The number of nitrogens with zero attached hydrogens (tertiary/aromatic N) is 3. The lowest BCUT2D eigenvalue weighted by atomic mass is 9.90. The third-order valence-electron chi connectivity index (χ3n) is 5.05. The van der Waals surface area contributed by atoms with Crippen LogP contribution in [0.4, 0.5) is 0 Å². The summed E-state index contributed by atoms with van der Waals surface area (Å²) in [6, 6.07) is 9.26. The number of aromatic nitrogens is 3. The Morgan fingerprint density at radius 1 is 1.14 bits per heavy atom. The lowest BCUT2D eigenvalue weighted by molar-refractivity contribution is 0.0600. The van der Waals surface area contributed by atoms with Crippen molar-refractivity contribution in [2.75, 3.05) is 20.8 Å². The molecular formula is C21H20N4O4. The van der Waals surface area contributed by atoms with E-state index in [0.29, 0.717) is 18.7 Å². The van der Waals surface area contributed by atoms with Gasteiger partial charge in [-0.15, -0.1) is 0 Å². The first kappa shape index (κ1) is 18.7. The van der Waals surface area contributed by atoms with Gasteiger partial charge in [-0.1, -0.05) is 12.1 Å². The summed E-state index contributed by atoms with van der Waals surface area (Å²) in [5, 5.41) is 0. The van der Waals surface area contributed by atoms with E-state index in [1.165, 1.54) is 25.6 Å². The zero-order valence-electron chi connectivity index (χ0n) is 16.1. The molecule has 3 aromatic rings. The highest BCUT2D eigenvalue weighted by atomic mass is 16.5. The molecular weight excluding hydrogens is 372 g/mol. The van der Waals surface area contributed by atoms with Crippen LogP contribution in [0.25, 0.3) is 0 Å². The summed E-state index contributed by atoms with van der Waals surface area (Å²) in [7, 11) is 2.92. The zero-order chi connectivity index (χ0) is 20.4. The molecule has 29 heavy (non-hydrogen) atoms. The molecule has 1 N–H and O–H groups in total. The van der Waals surface area contributed by atoms with Gasteiger partial charge in [-0.2, -0.15) is 0 Å². The van der Waals surface area contributed by atoms with Gasteiger partial charge >= 0.3 is 5.97 Å². The molecule has 8 heteroatoms. The van der Waals surface area contributed by atoms with Crippen molar-refractivity contribution in [3.05, 3.63) is 77.1 Å². The number of methoxy groups -OCH3 is 2. The molecule has 4 rings (SSSR count). The van der Waals surface area contributed by atoms with E-state index in [1.54, 1.807) is 18.3 Å². The number of fused-ring (bicyclic) bond motifs is 1. The lowest BCUT2D eigenvalue weighted by Gasteiger charge is -2.32. The highest BCUT2D eigenvalue weighted by molar-refractivity contribution is 5.97. The van der Waals surface area contributed by atoms with Crippen LogP contribution in [-0.2, 0) is 11.3 Å². The Hall–Kier alpha value is -3.68. The first-order chi connectivity index (χ1) is 14.1. The number of ether oxygens (including phenoxy) is 2. The number of carbonyl (C=O) groups excluding carboxylic acids is 2. The number of rotatable bonds is 4. The van der Waals surface area contributed by atoms with Gasteiger partial charge in [0.15, 0.2) is 0 Å². The van der Waals surface area contributed by atoms with Crippen molar-refractivity contribution < 1.29 is 19.1 Å². The Kier molecular flexibility index (Phi) is 4.99. The molecule has 0 aliphatic carbocycles. The van der Waals surface area contributed by atoms with Gasteiger partial charge in [0.2, 0.25) is 0 Å². The predicted molar refractivity (Wildman–Crippen MR) is 104 cm³/mol. The van der Waals surface area contributed by atoms with Gasteiger partial charge in [-0.25, -0.2) is 9.78 Å². The molecule has 0 radical (unpaired) electrons. The number of hydrogen-bond donors (Lipinski definition) is 1. The number of pyridine rings is 1. The van der Waals surface area contributed by atoms with Gasteiger partial charge < -0.3 is 19.4 Å². The Bertz CT molecular complexity index is 1040. The van der Waals surface area contributed by atoms with E-state index in [2.05, 4.69) is 15.0 Å². The molecule has 0 saturated heterocycles. The van der Waals surface area contributed by atoms with Crippen LogP contribution in [0, 0.1) is 0 Å². The second-order valence-corrected chi connectivity index (χ2v) is 6.73. The molecule has 0 fully saturated rings. The van der Waals surface area contributed by atoms with Crippen LogP contribution in [0.3, 0.4) is 0 Å². The second kappa shape index (κ2) is 7.75. The number of hydrogen-bond acceptors (Lipinski definition) is 6. The van der Waals surface area contributed by atoms with E-state index in [4.69, 9.17) is 9.47 Å². The van der Waals surface area contributed by atoms with Crippen molar-refractivity contribution >= 4 is 11.9 Å². The molecule has 3 heterocycles. The summed E-state index contributed by atoms with van der Waals surface area (Å²) in [4.78, 5) is 38.3. The maximum absolute atomic E-state index is 13.2. The number of esters is 1. The minimum absolute atomic E-state index is 0.0726. The molecule has 1 unspecified atom stereocenters. The van der Waals surface area contributed by atoms with E-state index in [0.717, 1.165) is 22.7 Å². The average Bonchev–Trinajstić information content (AvgIpc) is 3.26. The largest absolute Gasteiger partial charge is 0.497 e. The van der Waals surface area contributed by atoms with Gasteiger partial charge in [-0.05, 0) is 23.8 Å². The summed E-state index contributed by atoms with van der Waals surface area (Å²) >= 11 is 0. The smallest absolute Gasteiger partial charge is 0.339 e. The van der Waals surface area contributed by atoms with Crippen molar-refractivity contribution in [3.63, 3.8) is 0 Å². The fraction of sp³-hybridized carbons (Fsp3) is 0.238. The standard InChI is InChI=1S/C21H20N4O4/c1-28-16-5-3-13(4-6-16)17-10-25(11-18-19(17)24-12-23-18)20(26)14-7-15(9-22-8-14)21(27)29-2/h3-9,12,17H,10-11H2,1-2H3,(H,23,24). The van der Waals surface area contributed by atoms with E-state index < -0.39 is 5.97 Å². The van der Waals surface area contributed by atoms with Crippen molar-refractivity contribution in [3.8, 4) is 5.75 Å². The first-order valence-corrected chi connectivity index (χ1v) is 9.09. The summed E-state index contributed by atoms with van der Waals surface area (Å²) in [6.07, 6.45) is 4.49. The van der Waals surface area contributed by atoms with Crippen LogP contribution < -0.4 is 4.74 Å². The number of imidazole rings is 1. The van der Waals surface area contributed by atoms with Crippen molar-refractivity contribution in [2.45, 2.75) is 12.5 Å². The van der Waals surface area contributed by atoms with E-state index in [9.17, 15) is 9.59 Å². The molecule has 1 aromatic carbocycles. The number of nitrogens with one attached hydrogen (secondary N) is 1. The molecule has 0 spiro atoms. The zero-order valence-corrected chi connectivity index (χ0v) is 16.1. The number of aromatic amines is 1. The SMILES string of the molecule is COC(=O)c1cncc(C(=O)N2Cc3[nH]cnc3C(c3ccc(OC)cc3)C2)c1. The third-order valence-corrected chi connectivity index (χ3v) is 5.05. The normalized spacial score (nSPS) is 15.5. The van der Waals surface area contributed by atoms with Crippen LogP contribution in [0.2, 0.25) is 0 Å². The Morgan fingerprint density at radius 3 is 2.62 bits per heavy atom. The molecule has 1 aliphatic heterocycles. The van der Waals surface area contributed by atoms with Gasteiger partial charge in [0.05, 0.1) is 49.6 Å². The Morgan fingerprint density at radius 2 is 1.90 bits per heavy atom. The minimum atomic E-state index is -0.530. The first-order valence-electron chi connectivity index (χ1n) is 9.09. The van der Waals surface area contributed by atoms with Crippen LogP contribution in [0.5, 0.6) is 5.75 Å². The number of benzene rings is 1. The Balaban J connectivity index is 1.64. The van der Waals surface area contributed by atoms with Crippen LogP contribution in [0.15, 0.2) is 49.1 Å². The minimum Gasteiger partial charge on any atom is -0.497 e. The van der Waals surface area contributed by atoms with Crippen molar-refractivity contribution in [1.29, 1.82) is 0 Å². The van der Waals surface area contributed by atoms with Crippen molar-refractivity contribution in [2.24, 2.45) is 0 Å². The summed E-state index contributed by atoms with van der Waals surface area (Å²) in [5.41, 5.74) is 3.44. The number of amides is 1. The average molecular weight is 392 g/mol. The quantitative estimate of drug-likeness (QED) is 0.685. The molecule has 1 amide bonds. The fourth-order valence-corrected chi connectivity index (χ4v) is 3.54. The third kappa shape index (κ3) is 3.56. The number of H-pyrrole nitrogens is 1. The summed E-state index contributed by atoms with van der Waals surface area (Å²) in [5.74, 6) is -0.0400.